The van der Waals surface area contributed by atoms with E-state index in [-0.39, 0.29) is 17.9 Å². The van der Waals surface area contributed by atoms with Gasteiger partial charge in [0.05, 0.1) is 19.3 Å². The van der Waals surface area contributed by atoms with Crippen LogP contribution in [0.5, 0.6) is 11.5 Å². The first kappa shape index (κ1) is 26.0. The van der Waals surface area contributed by atoms with E-state index < -0.39 is 23.6 Å². The van der Waals surface area contributed by atoms with Crippen molar-refractivity contribution in [2.45, 2.75) is 70.7 Å². The fraction of sp³-hybridized carbons (Fsp3) is 0.517. The Morgan fingerprint density at radius 2 is 1.78 bits per heavy atom. The van der Waals surface area contributed by atoms with Gasteiger partial charge in [0.15, 0.2) is 11.5 Å². The Bertz CT molecular complexity index is 1060. The molecule has 4 atom stereocenters. The van der Waals surface area contributed by atoms with Crippen LogP contribution in [0, 0.1) is 5.41 Å². The molecule has 36 heavy (non-hydrogen) atoms. The summed E-state index contributed by atoms with van der Waals surface area (Å²) in [4.78, 5) is 27.2. The summed E-state index contributed by atoms with van der Waals surface area (Å²) in [6.07, 6.45) is 2.86. The van der Waals surface area contributed by atoms with E-state index in [4.69, 9.17) is 14.2 Å². The van der Waals surface area contributed by atoms with Crippen LogP contribution in [0.2, 0.25) is 0 Å². The van der Waals surface area contributed by atoms with Crippen LogP contribution < -0.4 is 9.47 Å². The van der Waals surface area contributed by atoms with Crippen LogP contribution in [0.15, 0.2) is 48.5 Å². The third-order valence-electron chi connectivity index (χ3n) is 7.79. The van der Waals surface area contributed by atoms with Crippen LogP contribution in [0.1, 0.15) is 69.6 Å². The standard InChI is InChI=1S/C29H37NO6/c1-19(31)29(3)18-30(28(33)27(35-20(2)32)21-10-6-5-7-11-21)17-24(29)22-14-15-25(34-4)26(16-22)36-23-12-8-9-13-23/h5-7,10-11,14-16,19,23-24,27,31H,8-9,12-13,17-18H2,1-4H3. The molecule has 1 saturated carbocycles. The van der Waals surface area contributed by atoms with Gasteiger partial charge >= 0.3 is 5.97 Å². The van der Waals surface area contributed by atoms with E-state index in [1.165, 1.54) is 6.92 Å². The number of rotatable bonds is 8. The highest BCUT2D eigenvalue weighted by molar-refractivity contribution is 5.85. The van der Waals surface area contributed by atoms with Gasteiger partial charge < -0.3 is 24.2 Å². The SMILES string of the molecule is COc1ccc(C2CN(C(=O)C(OC(C)=O)c3ccccc3)CC2(C)C(C)O)cc1OC1CCCC1. The number of carbonyl (C=O) groups excluding carboxylic acids is 2. The van der Waals surface area contributed by atoms with Crippen LogP contribution in [-0.4, -0.2) is 54.3 Å². The Balaban J connectivity index is 1.64. The van der Waals surface area contributed by atoms with E-state index in [2.05, 4.69) is 0 Å². The summed E-state index contributed by atoms with van der Waals surface area (Å²) in [5.41, 5.74) is 0.995. The van der Waals surface area contributed by atoms with Crippen molar-refractivity contribution < 1.29 is 28.9 Å². The molecule has 0 radical (unpaired) electrons. The quantitative estimate of drug-likeness (QED) is 0.538. The number of methoxy groups -OCH3 is 1. The number of carbonyl (C=O) groups is 2. The number of nitrogens with zero attached hydrogens (tertiary/aromatic N) is 1. The van der Waals surface area contributed by atoms with Crippen LogP contribution in [0.25, 0.3) is 0 Å². The topological polar surface area (TPSA) is 85.3 Å². The van der Waals surface area contributed by atoms with E-state index in [9.17, 15) is 14.7 Å². The predicted molar refractivity (Wildman–Crippen MR) is 136 cm³/mol. The van der Waals surface area contributed by atoms with Crippen molar-refractivity contribution in [2.24, 2.45) is 5.41 Å². The second-order valence-corrected chi connectivity index (χ2v) is 10.3. The second-order valence-electron chi connectivity index (χ2n) is 10.3. The summed E-state index contributed by atoms with van der Waals surface area (Å²) < 4.78 is 17.4. The molecule has 1 saturated heterocycles. The van der Waals surface area contributed by atoms with Crippen LogP contribution in [0.4, 0.5) is 0 Å². The number of aliphatic hydroxyl groups excluding tert-OH is 1. The number of benzene rings is 2. The third kappa shape index (κ3) is 5.36. The highest BCUT2D eigenvalue weighted by Crippen LogP contribution is 2.47. The Morgan fingerprint density at radius 3 is 2.39 bits per heavy atom. The lowest BCUT2D eigenvalue weighted by atomic mass is 9.72. The molecule has 1 N–H and O–H groups in total. The Kier molecular flexibility index (Phi) is 7.88. The van der Waals surface area contributed by atoms with Gasteiger partial charge in [-0.15, -0.1) is 0 Å². The Morgan fingerprint density at radius 1 is 1.08 bits per heavy atom. The lowest BCUT2D eigenvalue weighted by molar-refractivity contribution is -0.159. The molecule has 194 valence electrons. The number of ether oxygens (including phenoxy) is 3. The maximum atomic E-state index is 13.7. The van der Waals surface area contributed by atoms with Gasteiger partial charge in [-0.3, -0.25) is 9.59 Å². The third-order valence-corrected chi connectivity index (χ3v) is 7.79. The van der Waals surface area contributed by atoms with Crippen molar-refractivity contribution in [1.29, 1.82) is 0 Å². The zero-order valence-electron chi connectivity index (χ0n) is 21.6. The molecule has 0 aromatic heterocycles. The second kappa shape index (κ2) is 10.9. The van der Waals surface area contributed by atoms with E-state index in [1.807, 2.05) is 43.3 Å². The van der Waals surface area contributed by atoms with Crippen molar-refractivity contribution in [3.05, 3.63) is 59.7 Å². The first-order chi connectivity index (χ1) is 17.2. The van der Waals surface area contributed by atoms with E-state index >= 15 is 0 Å². The molecule has 4 unspecified atom stereocenters. The zero-order chi connectivity index (χ0) is 25.9. The molecule has 2 aromatic carbocycles. The summed E-state index contributed by atoms with van der Waals surface area (Å²) in [6, 6.07) is 14.9. The first-order valence-electron chi connectivity index (χ1n) is 12.8. The zero-order valence-corrected chi connectivity index (χ0v) is 21.6. The van der Waals surface area contributed by atoms with Crippen LogP contribution in [-0.2, 0) is 14.3 Å². The number of likely N-dealkylation sites (tertiary alicyclic amines) is 1. The Hall–Kier alpha value is -3.06. The fourth-order valence-corrected chi connectivity index (χ4v) is 5.50. The van der Waals surface area contributed by atoms with Crippen molar-refractivity contribution in [2.75, 3.05) is 20.2 Å². The van der Waals surface area contributed by atoms with Crippen LogP contribution >= 0.6 is 0 Å². The summed E-state index contributed by atoms with van der Waals surface area (Å²) in [5, 5.41) is 10.9. The molecule has 1 heterocycles. The minimum atomic E-state index is -1.03. The lowest BCUT2D eigenvalue weighted by Crippen LogP contribution is -2.39. The van der Waals surface area contributed by atoms with Crippen molar-refractivity contribution in [3.63, 3.8) is 0 Å². The molecule has 7 heteroatoms. The van der Waals surface area contributed by atoms with Gasteiger partial charge in [-0.2, -0.15) is 0 Å². The Labute approximate surface area is 213 Å². The van der Waals surface area contributed by atoms with E-state index in [0.717, 1.165) is 31.2 Å². The van der Waals surface area contributed by atoms with Crippen LogP contribution in [0.3, 0.4) is 0 Å². The normalized spacial score (nSPS) is 23.8. The molecule has 2 aliphatic rings. The average Bonchev–Trinajstić information content (AvgIpc) is 3.51. The number of esters is 1. The fourth-order valence-electron chi connectivity index (χ4n) is 5.50. The summed E-state index contributed by atoms with van der Waals surface area (Å²) in [7, 11) is 1.63. The summed E-state index contributed by atoms with van der Waals surface area (Å²) in [6.45, 7) is 5.80. The average molecular weight is 496 g/mol. The highest BCUT2D eigenvalue weighted by atomic mass is 16.5. The summed E-state index contributed by atoms with van der Waals surface area (Å²) >= 11 is 0. The molecule has 2 fully saturated rings. The highest BCUT2D eigenvalue weighted by Gasteiger charge is 2.49. The monoisotopic (exact) mass is 495 g/mol. The minimum absolute atomic E-state index is 0.146. The van der Waals surface area contributed by atoms with Gasteiger partial charge in [0.25, 0.3) is 5.91 Å². The molecular formula is C29H37NO6. The van der Waals surface area contributed by atoms with Gasteiger partial charge in [0.1, 0.15) is 0 Å². The summed E-state index contributed by atoms with van der Waals surface area (Å²) in [5.74, 6) is 0.417. The maximum absolute atomic E-state index is 13.7. The number of hydrogen-bond acceptors (Lipinski definition) is 6. The van der Waals surface area contributed by atoms with E-state index in [1.54, 1.807) is 31.1 Å². The lowest BCUT2D eigenvalue weighted by Gasteiger charge is -2.34. The largest absolute Gasteiger partial charge is 0.493 e. The predicted octanol–water partition coefficient (Wildman–Crippen LogP) is 4.63. The first-order valence-corrected chi connectivity index (χ1v) is 12.8. The molecule has 4 rings (SSSR count). The molecule has 0 bridgehead atoms. The molecular weight excluding hydrogens is 458 g/mol. The van der Waals surface area contributed by atoms with Gasteiger partial charge in [0.2, 0.25) is 6.10 Å². The van der Waals surface area contributed by atoms with Gasteiger partial charge in [0, 0.05) is 36.9 Å². The van der Waals surface area contributed by atoms with Gasteiger partial charge in [-0.05, 0) is 50.3 Å². The molecule has 2 aromatic rings. The maximum Gasteiger partial charge on any atom is 0.303 e. The van der Waals surface area contributed by atoms with Crippen molar-refractivity contribution >= 4 is 11.9 Å². The molecule has 1 aliphatic heterocycles. The van der Waals surface area contributed by atoms with Crippen molar-refractivity contribution in [3.8, 4) is 11.5 Å². The number of amides is 1. The smallest absolute Gasteiger partial charge is 0.303 e. The molecule has 7 nitrogen and oxygen atoms in total. The van der Waals surface area contributed by atoms with E-state index in [0.29, 0.717) is 30.2 Å². The molecule has 1 amide bonds. The molecule has 0 spiro atoms. The number of hydrogen-bond donors (Lipinski definition) is 1. The van der Waals surface area contributed by atoms with Crippen molar-refractivity contribution in [1.82, 2.24) is 4.90 Å². The van der Waals surface area contributed by atoms with Gasteiger partial charge in [-0.1, -0.05) is 43.3 Å². The molecule has 1 aliphatic carbocycles. The van der Waals surface area contributed by atoms with Gasteiger partial charge in [-0.25, -0.2) is 0 Å². The number of aliphatic hydroxyl groups is 1. The minimum Gasteiger partial charge on any atom is -0.493 e.